The molecule has 1 aliphatic heterocycles. The number of hydrogen-bond donors (Lipinski definition) is 1. The van der Waals surface area contributed by atoms with Gasteiger partial charge in [0.05, 0.1) is 17.6 Å². The molecular weight excluding hydrogens is 308 g/mol. The van der Waals surface area contributed by atoms with Crippen molar-refractivity contribution >= 4 is 28.7 Å². The summed E-state index contributed by atoms with van der Waals surface area (Å²) in [5.41, 5.74) is 2.10. The summed E-state index contributed by atoms with van der Waals surface area (Å²) in [7, 11) is 0. The molecular formula is C17H24N4OS. The van der Waals surface area contributed by atoms with E-state index in [1.807, 2.05) is 30.0 Å². The summed E-state index contributed by atoms with van der Waals surface area (Å²) in [6, 6.07) is 8.10. The molecule has 1 atom stereocenters. The van der Waals surface area contributed by atoms with Gasteiger partial charge in [-0.2, -0.15) is 11.8 Å². The van der Waals surface area contributed by atoms with Crippen molar-refractivity contribution in [2.24, 2.45) is 5.92 Å². The van der Waals surface area contributed by atoms with Crippen LogP contribution in [-0.4, -0.2) is 63.9 Å². The molecule has 2 aromatic rings. The van der Waals surface area contributed by atoms with Gasteiger partial charge in [-0.25, -0.2) is 4.98 Å². The maximum atomic E-state index is 12.3. The Morgan fingerprint density at radius 1 is 1.30 bits per heavy atom. The van der Waals surface area contributed by atoms with Gasteiger partial charge in [0, 0.05) is 37.8 Å². The molecule has 1 amide bonds. The Bertz CT molecular complexity index is 630. The summed E-state index contributed by atoms with van der Waals surface area (Å²) in [4.78, 5) is 24.7. The normalized spacial score (nSPS) is 17.6. The van der Waals surface area contributed by atoms with E-state index >= 15 is 0 Å². The average molecular weight is 332 g/mol. The highest BCUT2D eigenvalue weighted by Crippen LogP contribution is 2.14. The first-order chi connectivity index (χ1) is 11.2. The molecule has 6 heteroatoms. The predicted molar refractivity (Wildman–Crippen MR) is 95.5 cm³/mol. The van der Waals surface area contributed by atoms with Crippen molar-refractivity contribution in [3.63, 3.8) is 0 Å². The SMILES string of the molecule is CSC[C@H](C)C(=O)N1CCN(Cc2nc3ccccc3[nH]2)CC1. The van der Waals surface area contributed by atoms with E-state index in [-0.39, 0.29) is 5.92 Å². The lowest BCUT2D eigenvalue weighted by Crippen LogP contribution is -2.50. The molecule has 1 aromatic carbocycles. The van der Waals surface area contributed by atoms with Crippen LogP contribution in [0.5, 0.6) is 0 Å². The van der Waals surface area contributed by atoms with E-state index in [4.69, 9.17) is 0 Å². The Morgan fingerprint density at radius 2 is 2.04 bits per heavy atom. The topological polar surface area (TPSA) is 52.2 Å². The van der Waals surface area contributed by atoms with Gasteiger partial charge >= 0.3 is 0 Å². The van der Waals surface area contributed by atoms with Gasteiger partial charge in [0.1, 0.15) is 5.82 Å². The minimum atomic E-state index is 0.118. The number of aromatic amines is 1. The molecule has 1 N–H and O–H groups in total. The number of para-hydroxylation sites is 2. The summed E-state index contributed by atoms with van der Waals surface area (Å²) in [5, 5.41) is 0. The lowest BCUT2D eigenvalue weighted by molar-refractivity contribution is -0.136. The van der Waals surface area contributed by atoms with Crippen LogP contribution in [-0.2, 0) is 11.3 Å². The van der Waals surface area contributed by atoms with Crippen LogP contribution in [0.2, 0.25) is 0 Å². The number of fused-ring (bicyclic) bond motifs is 1. The molecule has 0 unspecified atom stereocenters. The van der Waals surface area contributed by atoms with Crippen molar-refractivity contribution < 1.29 is 4.79 Å². The van der Waals surface area contributed by atoms with Gasteiger partial charge < -0.3 is 9.88 Å². The highest BCUT2D eigenvalue weighted by Gasteiger charge is 2.24. The predicted octanol–water partition coefficient (Wildman–Crippen LogP) is 2.21. The zero-order chi connectivity index (χ0) is 16.2. The number of carbonyl (C=O) groups excluding carboxylic acids is 1. The zero-order valence-corrected chi connectivity index (χ0v) is 14.6. The third kappa shape index (κ3) is 3.87. The van der Waals surface area contributed by atoms with Crippen LogP contribution in [0.4, 0.5) is 0 Å². The monoisotopic (exact) mass is 332 g/mol. The summed E-state index contributed by atoms with van der Waals surface area (Å²) in [5.74, 6) is 2.31. The van der Waals surface area contributed by atoms with Gasteiger partial charge in [-0.05, 0) is 18.4 Å². The minimum absolute atomic E-state index is 0.118. The summed E-state index contributed by atoms with van der Waals surface area (Å²) in [6.45, 7) is 6.30. The van der Waals surface area contributed by atoms with Crippen LogP contribution in [0.1, 0.15) is 12.7 Å². The molecule has 23 heavy (non-hydrogen) atoms. The Labute approximate surface area is 141 Å². The first-order valence-electron chi connectivity index (χ1n) is 8.11. The standard InChI is InChI=1S/C17H24N4OS/c1-13(12-23-2)17(22)21-9-7-20(8-10-21)11-16-18-14-5-3-4-6-15(14)19-16/h3-6,13H,7-12H2,1-2H3,(H,18,19)/t13-/m0/s1. The Hall–Kier alpha value is -1.53. The Morgan fingerprint density at radius 3 is 2.74 bits per heavy atom. The Kier molecular flexibility index (Phi) is 5.23. The number of benzene rings is 1. The first-order valence-corrected chi connectivity index (χ1v) is 9.50. The van der Waals surface area contributed by atoms with Crippen molar-refractivity contribution in [3.05, 3.63) is 30.1 Å². The number of piperazine rings is 1. The van der Waals surface area contributed by atoms with Crippen molar-refractivity contribution in [1.29, 1.82) is 0 Å². The summed E-state index contributed by atoms with van der Waals surface area (Å²) >= 11 is 1.74. The van der Waals surface area contributed by atoms with E-state index in [0.29, 0.717) is 5.91 Å². The molecule has 3 rings (SSSR count). The van der Waals surface area contributed by atoms with Crippen LogP contribution >= 0.6 is 11.8 Å². The van der Waals surface area contributed by atoms with E-state index < -0.39 is 0 Å². The summed E-state index contributed by atoms with van der Waals surface area (Å²) in [6.07, 6.45) is 2.05. The fourth-order valence-electron chi connectivity index (χ4n) is 3.05. The van der Waals surface area contributed by atoms with Gasteiger partial charge in [-0.15, -0.1) is 0 Å². The molecule has 1 saturated heterocycles. The number of hydrogen-bond acceptors (Lipinski definition) is 4. The number of imidazole rings is 1. The summed E-state index contributed by atoms with van der Waals surface area (Å²) < 4.78 is 0. The molecule has 124 valence electrons. The number of rotatable bonds is 5. The van der Waals surface area contributed by atoms with Gasteiger partial charge in [-0.1, -0.05) is 19.1 Å². The Balaban J connectivity index is 1.53. The van der Waals surface area contributed by atoms with Crippen LogP contribution in [0.25, 0.3) is 11.0 Å². The number of amides is 1. The van der Waals surface area contributed by atoms with Crippen LogP contribution < -0.4 is 0 Å². The molecule has 2 heterocycles. The number of nitrogens with zero attached hydrogens (tertiary/aromatic N) is 3. The van der Waals surface area contributed by atoms with Gasteiger partial charge in [0.2, 0.25) is 5.91 Å². The lowest BCUT2D eigenvalue weighted by Gasteiger charge is -2.35. The molecule has 5 nitrogen and oxygen atoms in total. The smallest absolute Gasteiger partial charge is 0.226 e. The quantitative estimate of drug-likeness (QED) is 0.912. The second-order valence-electron chi connectivity index (χ2n) is 6.16. The molecule has 1 fully saturated rings. The van der Waals surface area contributed by atoms with E-state index in [2.05, 4.69) is 27.2 Å². The van der Waals surface area contributed by atoms with Crippen molar-refractivity contribution in [2.45, 2.75) is 13.5 Å². The second kappa shape index (κ2) is 7.36. The van der Waals surface area contributed by atoms with E-state index in [1.54, 1.807) is 11.8 Å². The molecule has 1 aliphatic rings. The highest BCUT2D eigenvalue weighted by atomic mass is 32.2. The number of carbonyl (C=O) groups is 1. The molecule has 0 spiro atoms. The fraction of sp³-hybridized carbons (Fsp3) is 0.529. The second-order valence-corrected chi connectivity index (χ2v) is 7.07. The maximum absolute atomic E-state index is 12.3. The number of H-pyrrole nitrogens is 1. The van der Waals surface area contributed by atoms with Crippen molar-refractivity contribution in [1.82, 2.24) is 19.8 Å². The van der Waals surface area contributed by atoms with Crippen LogP contribution in [0.3, 0.4) is 0 Å². The largest absolute Gasteiger partial charge is 0.341 e. The maximum Gasteiger partial charge on any atom is 0.226 e. The van der Waals surface area contributed by atoms with Crippen LogP contribution in [0.15, 0.2) is 24.3 Å². The molecule has 1 aromatic heterocycles. The van der Waals surface area contributed by atoms with E-state index in [9.17, 15) is 4.79 Å². The van der Waals surface area contributed by atoms with Crippen LogP contribution in [0, 0.1) is 5.92 Å². The number of thioether (sulfide) groups is 1. The number of aromatic nitrogens is 2. The van der Waals surface area contributed by atoms with E-state index in [1.165, 1.54) is 0 Å². The van der Waals surface area contributed by atoms with Gasteiger partial charge in [-0.3, -0.25) is 9.69 Å². The first kappa shape index (κ1) is 16.3. The van der Waals surface area contributed by atoms with Crippen molar-refractivity contribution in [2.75, 3.05) is 38.2 Å². The van der Waals surface area contributed by atoms with E-state index in [0.717, 1.165) is 55.3 Å². The molecule has 0 saturated carbocycles. The average Bonchev–Trinajstić information content (AvgIpc) is 2.97. The fourth-order valence-corrected chi connectivity index (χ4v) is 3.69. The van der Waals surface area contributed by atoms with Crippen molar-refractivity contribution in [3.8, 4) is 0 Å². The molecule has 0 bridgehead atoms. The third-order valence-electron chi connectivity index (χ3n) is 4.33. The lowest BCUT2D eigenvalue weighted by atomic mass is 10.1. The highest BCUT2D eigenvalue weighted by molar-refractivity contribution is 7.98. The zero-order valence-electron chi connectivity index (χ0n) is 13.8. The molecule has 0 radical (unpaired) electrons. The third-order valence-corrected chi connectivity index (χ3v) is 5.17. The minimum Gasteiger partial charge on any atom is -0.341 e. The van der Waals surface area contributed by atoms with Gasteiger partial charge in [0.25, 0.3) is 0 Å². The van der Waals surface area contributed by atoms with Gasteiger partial charge in [0.15, 0.2) is 0 Å². The molecule has 0 aliphatic carbocycles. The number of nitrogens with one attached hydrogen (secondary N) is 1.